The number of rotatable bonds is 4. The van der Waals surface area contributed by atoms with Gasteiger partial charge in [0.1, 0.15) is 5.75 Å². The predicted molar refractivity (Wildman–Crippen MR) is 76.1 cm³/mol. The summed E-state index contributed by atoms with van der Waals surface area (Å²) in [7, 11) is 1.70. The van der Waals surface area contributed by atoms with E-state index >= 15 is 0 Å². The topological polar surface area (TPSA) is 56.5 Å². The maximum Gasteiger partial charge on any atom is 0.122 e. The van der Waals surface area contributed by atoms with Gasteiger partial charge in [-0.1, -0.05) is 6.07 Å². The molecule has 0 bridgehead atoms. The van der Waals surface area contributed by atoms with E-state index in [9.17, 15) is 0 Å². The molecule has 0 radical (unpaired) electrons. The molecule has 2 rings (SSSR count). The molecule has 3 unspecified atom stereocenters. The summed E-state index contributed by atoms with van der Waals surface area (Å²) < 4.78 is 11.0. The van der Waals surface area contributed by atoms with Crippen LogP contribution in [-0.2, 0) is 4.74 Å². The second-order valence-corrected chi connectivity index (χ2v) is 5.46. The molecule has 0 spiro atoms. The summed E-state index contributed by atoms with van der Waals surface area (Å²) in [5.41, 5.74) is 6.54. The Morgan fingerprint density at radius 3 is 2.63 bits per heavy atom. The minimum Gasteiger partial charge on any atom is -0.496 e. The third-order valence-electron chi connectivity index (χ3n) is 4.00. The van der Waals surface area contributed by atoms with Crippen molar-refractivity contribution in [1.29, 1.82) is 0 Å². The second kappa shape index (κ2) is 5.90. The molecule has 4 heteroatoms. The fraction of sp³-hybridized carbons (Fsp3) is 0.600. The Labute approximate surface area is 115 Å². The molecule has 1 aliphatic rings. The second-order valence-electron chi connectivity index (χ2n) is 5.46. The fourth-order valence-corrected chi connectivity index (χ4v) is 2.93. The minimum absolute atomic E-state index is 0.134. The molecule has 4 nitrogen and oxygen atoms in total. The predicted octanol–water partition coefficient (Wildman–Crippen LogP) is 2.24. The van der Waals surface area contributed by atoms with Crippen LogP contribution in [-0.4, -0.2) is 19.8 Å². The van der Waals surface area contributed by atoms with E-state index in [-0.39, 0.29) is 6.04 Å². The van der Waals surface area contributed by atoms with Gasteiger partial charge in [0.15, 0.2) is 0 Å². The molecular weight excluding hydrogens is 240 g/mol. The van der Waals surface area contributed by atoms with E-state index in [0.717, 1.165) is 24.3 Å². The van der Waals surface area contributed by atoms with Crippen molar-refractivity contribution in [3.05, 3.63) is 28.8 Å². The van der Waals surface area contributed by atoms with Gasteiger partial charge in [-0.05, 0) is 49.9 Å². The number of hydrogen-bond donors (Lipinski definition) is 2. The van der Waals surface area contributed by atoms with E-state index in [0.29, 0.717) is 12.0 Å². The highest BCUT2D eigenvalue weighted by Gasteiger charge is 2.31. The molecule has 106 valence electrons. The molecule has 3 atom stereocenters. The Morgan fingerprint density at radius 1 is 1.37 bits per heavy atom. The fourth-order valence-electron chi connectivity index (χ4n) is 2.93. The SMILES string of the molecule is COc1cc(C)c(C(NN)C2COC(C)C2)cc1C. The summed E-state index contributed by atoms with van der Waals surface area (Å²) in [5.74, 6) is 7.13. The van der Waals surface area contributed by atoms with E-state index in [2.05, 4.69) is 38.3 Å². The van der Waals surface area contributed by atoms with Crippen molar-refractivity contribution in [3.63, 3.8) is 0 Å². The van der Waals surface area contributed by atoms with Crippen LogP contribution in [0.4, 0.5) is 0 Å². The van der Waals surface area contributed by atoms with Gasteiger partial charge in [-0.3, -0.25) is 11.3 Å². The van der Waals surface area contributed by atoms with Crippen LogP contribution in [0.3, 0.4) is 0 Å². The molecule has 1 saturated heterocycles. The van der Waals surface area contributed by atoms with Gasteiger partial charge in [0, 0.05) is 5.92 Å². The normalized spacial score (nSPS) is 24.5. The smallest absolute Gasteiger partial charge is 0.122 e. The lowest BCUT2D eigenvalue weighted by Crippen LogP contribution is -2.34. The Morgan fingerprint density at radius 2 is 2.11 bits per heavy atom. The van der Waals surface area contributed by atoms with Crippen molar-refractivity contribution in [2.24, 2.45) is 11.8 Å². The lowest BCUT2D eigenvalue weighted by Gasteiger charge is -2.25. The van der Waals surface area contributed by atoms with E-state index in [1.54, 1.807) is 7.11 Å². The number of nitrogens with one attached hydrogen (secondary N) is 1. The molecule has 1 aliphatic heterocycles. The quantitative estimate of drug-likeness (QED) is 0.647. The van der Waals surface area contributed by atoms with Crippen LogP contribution in [0.5, 0.6) is 5.75 Å². The average Bonchev–Trinajstić information content (AvgIpc) is 2.80. The first-order chi connectivity index (χ1) is 9.06. The Kier molecular flexibility index (Phi) is 4.45. The standard InChI is InChI=1S/C15H24N2O2/c1-9-6-14(18-4)10(2)5-13(9)15(17-16)12-7-11(3)19-8-12/h5-6,11-12,15,17H,7-8,16H2,1-4H3. The molecular formula is C15H24N2O2. The third-order valence-corrected chi connectivity index (χ3v) is 4.00. The molecule has 1 heterocycles. The van der Waals surface area contributed by atoms with Crippen molar-refractivity contribution in [3.8, 4) is 5.75 Å². The Bertz CT molecular complexity index is 448. The molecule has 0 amide bonds. The number of aryl methyl sites for hydroxylation is 2. The van der Waals surface area contributed by atoms with Crippen LogP contribution in [0.1, 0.15) is 36.1 Å². The summed E-state index contributed by atoms with van der Waals surface area (Å²) in [6.07, 6.45) is 1.36. The van der Waals surface area contributed by atoms with Crippen molar-refractivity contribution >= 4 is 0 Å². The minimum atomic E-state index is 0.134. The summed E-state index contributed by atoms with van der Waals surface area (Å²) in [4.78, 5) is 0. The van der Waals surface area contributed by atoms with Crippen LogP contribution < -0.4 is 16.0 Å². The van der Waals surface area contributed by atoms with Crippen LogP contribution >= 0.6 is 0 Å². The highest BCUT2D eigenvalue weighted by Crippen LogP contribution is 2.35. The number of hydrogen-bond acceptors (Lipinski definition) is 4. The van der Waals surface area contributed by atoms with Crippen molar-refractivity contribution in [2.75, 3.05) is 13.7 Å². The van der Waals surface area contributed by atoms with E-state index < -0.39 is 0 Å². The van der Waals surface area contributed by atoms with E-state index in [4.69, 9.17) is 15.3 Å². The van der Waals surface area contributed by atoms with Crippen molar-refractivity contribution in [2.45, 2.75) is 39.3 Å². The highest BCUT2D eigenvalue weighted by molar-refractivity contribution is 5.43. The molecule has 19 heavy (non-hydrogen) atoms. The molecule has 1 aromatic rings. The van der Waals surface area contributed by atoms with Crippen molar-refractivity contribution < 1.29 is 9.47 Å². The lowest BCUT2D eigenvalue weighted by molar-refractivity contribution is 0.117. The maximum atomic E-state index is 5.78. The molecule has 0 aromatic heterocycles. The van der Waals surface area contributed by atoms with Gasteiger partial charge in [-0.2, -0.15) is 0 Å². The van der Waals surface area contributed by atoms with Gasteiger partial charge < -0.3 is 9.47 Å². The summed E-state index contributed by atoms with van der Waals surface area (Å²) >= 11 is 0. The van der Waals surface area contributed by atoms with E-state index in [1.165, 1.54) is 11.1 Å². The molecule has 1 fully saturated rings. The maximum absolute atomic E-state index is 5.78. The summed E-state index contributed by atoms with van der Waals surface area (Å²) in [6, 6.07) is 4.38. The van der Waals surface area contributed by atoms with Crippen LogP contribution in [0, 0.1) is 19.8 Å². The van der Waals surface area contributed by atoms with Gasteiger partial charge in [0.05, 0.1) is 25.9 Å². The van der Waals surface area contributed by atoms with Crippen LogP contribution in [0.25, 0.3) is 0 Å². The van der Waals surface area contributed by atoms with Gasteiger partial charge in [-0.25, -0.2) is 0 Å². The van der Waals surface area contributed by atoms with E-state index in [1.807, 2.05) is 0 Å². The molecule has 0 saturated carbocycles. The first-order valence-corrected chi connectivity index (χ1v) is 6.79. The summed E-state index contributed by atoms with van der Waals surface area (Å²) in [5, 5.41) is 0. The zero-order valence-corrected chi connectivity index (χ0v) is 12.2. The Balaban J connectivity index is 2.30. The van der Waals surface area contributed by atoms with Gasteiger partial charge in [0.2, 0.25) is 0 Å². The molecule has 3 N–H and O–H groups in total. The zero-order valence-electron chi connectivity index (χ0n) is 12.2. The van der Waals surface area contributed by atoms with Crippen LogP contribution in [0.2, 0.25) is 0 Å². The summed E-state index contributed by atoms with van der Waals surface area (Å²) in [6.45, 7) is 7.03. The third kappa shape index (κ3) is 2.91. The lowest BCUT2D eigenvalue weighted by atomic mass is 9.88. The molecule has 0 aliphatic carbocycles. The zero-order chi connectivity index (χ0) is 14.0. The van der Waals surface area contributed by atoms with Gasteiger partial charge in [0.25, 0.3) is 0 Å². The van der Waals surface area contributed by atoms with Gasteiger partial charge >= 0.3 is 0 Å². The number of hydrazine groups is 1. The largest absolute Gasteiger partial charge is 0.496 e. The number of ether oxygens (including phenoxy) is 2. The highest BCUT2D eigenvalue weighted by atomic mass is 16.5. The van der Waals surface area contributed by atoms with Crippen molar-refractivity contribution in [1.82, 2.24) is 5.43 Å². The Hall–Kier alpha value is -1.10. The number of methoxy groups -OCH3 is 1. The number of nitrogens with two attached hydrogens (primary N) is 1. The number of benzene rings is 1. The monoisotopic (exact) mass is 264 g/mol. The average molecular weight is 264 g/mol. The van der Waals surface area contributed by atoms with Crippen LogP contribution in [0.15, 0.2) is 12.1 Å². The first kappa shape index (κ1) is 14.3. The van der Waals surface area contributed by atoms with Gasteiger partial charge in [-0.15, -0.1) is 0 Å². The molecule has 1 aromatic carbocycles. The first-order valence-electron chi connectivity index (χ1n) is 6.79.